The molecule has 1 aromatic rings. The van der Waals surface area contributed by atoms with Crippen molar-refractivity contribution < 1.29 is 24.2 Å². The van der Waals surface area contributed by atoms with Gasteiger partial charge in [-0.25, -0.2) is 4.79 Å². The Morgan fingerprint density at radius 3 is 2.79 bits per heavy atom. The molecule has 19 heavy (non-hydrogen) atoms. The van der Waals surface area contributed by atoms with E-state index in [1.54, 1.807) is 19.1 Å². The molecule has 2 atom stereocenters. The van der Waals surface area contributed by atoms with Gasteiger partial charge in [-0.2, -0.15) is 0 Å². The normalized spacial score (nSPS) is 23.2. The number of aryl methyl sites for hydroxylation is 1. The van der Waals surface area contributed by atoms with E-state index in [0.29, 0.717) is 5.76 Å². The zero-order valence-electron chi connectivity index (χ0n) is 10.4. The fourth-order valence-corrected chi connectivity index (χ4v) is 2.08. The van der Waals surface area contributed by atoms with Crippen LogP contribution in [0.5, 0.6) is 0 Å². The van der Waals surface area contributed by atoms with Crippen molar-refractivity contribution in [3.05, 3.63) is 29.7 Å². The molecular weight excluding hydrogens is 250 g/mol. The number of β-amino-alcohol motifs (C(OH)–C–C–N with tert-alkyl or cyclic N) is 1. The van der Waals surface area contributed by atoms with Crippen LogP contribution in [-0.4, -0.2) is 45.7 Å². The second kappa shape index (κ2) is 5.27. The van der Waals surface area contributed by atoms with Crippen LogP contribution in [0.3, 0.4) is 0 Å². The first-order chi connectivity index (χ1) is 8.97. The maximum Gasteiger partial charge on any atom is 0.326 e. The number of carbonyl (C=O) groups is 2. The third-order valence-electron chi connectivity index (χ3n) is 3.00. The van der Waals surface area contributed by atoms with Crippen molar-refractivity contribution in [1.29, 1.82) is 0 Å². The Morgan fingerprint density at radius 1 is 1.47 bits per heavy atom. The number of aliphatic carboxylic acids is 1. The van der Waals surface area contributed by atoms with Gasteiger partial charge in [-0.3, -0.25) is 4.79 Å². The SMILES string of the molecule is Cc1ccc(/C=C/C(=O)N2CC(O)C[C@H]2C(=O)O)o1. The lowest BCUT2D eigenvalue weighted by Gasteiger charge is -2.18. The first kappa shape index (κ1) is 13.4. The number of hydrogen-bond donors (Lipinski definition) is 2. The number of carboxylic acids is 1. The van der Waals surface area contributed by atoms with Gasteiger partial charge >= 0.3 is 5.97 Å². The quantitative estimate of drug-likeness (QED) is 0.783. The zero-order chi connectivity index (χ0) is 14.0. The average Bonchev–Trinajstić information content (AvgIpc) is 2.92. The Morgan fingerprint density at radius 2 is 2.21 bits per heavy atom. The summed E-state index contributed by atoms with van der Waals surface area (Å²) >= 11 is 0. The van der Waals surface area contributed by atoms with Crippen molar-refractivity contribution >= 4 is 18.0 Å². The van der Waals surface area contributed by atoms with Crippen LogP contribution in [0.2, 0.25) is 0 Å². The van der Waals surface area contributed by atoms with Crippen LogP contribution in [-0.2, 0) is 9.59 Å². The molecule has 2 N–H and O–H groups in total. The first-order valence-electron chi connectivity index (χ1n) is 5.93. The first-order valence-corrected chi connectivity index (χ1v) is 5.93. The Labute approximate surface area is 109 Å². The molecule has 0 radical (unpaired) electrons. The van der Waals surface area contributed by atoms with Gasteiger partial charge in [0.15, 0.2) is 0 Å². The number of likely N-dealkylation sites (tertiary alicyclic amines) is 1. The molecule has 0 aliphatic carbocycles. The van der Waals surface area contributed by atoms with Gasteiger partial charge in [0.2, 0.25) is 5.91 Å². The van der Waals surface area contributed by atoms with Gasteiger partial charge in [-0.15, -0.1) is 0 Å². The molecule has 1 aromatic heterocycles. The monoisotopic (exact) mass is 265 g/mol. The lowest BCUT2D eigenvalue weighted by molar-refractivity contribution is -0.146. The number of carboxylic acid groups (broad SMARTS) is 1. The second-order valence-corrected chi connectivity index (χ2v) is 4.52. The number of nitrogens with zero attached hydrogens (tertiary/aromatic N) is 1. The van der Waals surface area contributed by atoms with E-state index in [9.17, 15) is 14.7 Å². The lowest BCUT2D eigenvalue weighted by Crippen LogP contribution is -2.39. The van der Waals surface area contributed by atoms with Crippen LogP contribution < -0.4 is 0 Å². The van der Waals surface area contributed by atoms with E-state index >= 15 is 0 Å². The summed E-state index contributed by atoms with van der Waals surface area (Å²) in [4.78, 5) is 24.1. The molecule has 6 nitrogen and oxygen atoms in total. The Kier molecular flexibility index (Phi) is 3.71. The maximum absolute atomic E-state index is 11.9. The maximum atomic E-state index is 11.9. The predicted octanol–water partition coefficient (Wildman–Crippen LogP) is 0.648. The summed E-state index contributed by atoms with van der Waals surface area (Å²) < 4.78 is 5.27. The highest BCUT2D eigenvalue weighted by atomic mass is 16.4. The molecule has 2 heterocycles. The van der Waals surface area contributed by atoms with Crippen molar-refractivity contribution in [2.75, 3.05) is 6.54 Å². The van der Waals surface area contributed by atoms with Gasteiger partial charge in [0.1, 0.15) is 17.6 Å². The van der Waals surface area contributed by atoms with Crippen molar-refractivity contribution in [2.24, 2.45) is 0 Å². The van der Waals surface area contributed by atoms with Crippen LogP contribution in [0.1, 0.15) is 17.9 Å². The minimum atomic E-state index is -1.10. The molecule has 0 spiro atoms. The van der Waals surface area contributed by atoms with E-state index in [1.165, 1.54) is 12.2 Å². The highest BCUT2D eigenvalue weighted by Gasteiger charge is 2.37. The molecule has 1 fully saturated rings. The van der Waals surface area contributed by atoms with Gasteiger partial charge in [0.05, 0.1) is 6.10 Å². The van der Waals surface area contributed by atoms with Crippen LogP contribution in [0.15, 0.2) is 22.6 Å². The van der Waals surface area contributed by atoms with E-state index in [4.69, 9.17) is 9.52 Å². The summed E-state index contributed by atoms with van der Waals surface area (Å²) in [7, 11) is 0. The Balaban J connectivity index is 2.06. The van der Waals surface area contributed by atoms with Gasteiger partial charge < -0.3 is 19.5 Å². The van der Waals surface area contributed by atoms with Crippen molar-refractivity contribution in [3.8, 4) is 0 Å². The van der Waals surface area contributed by atoms with Crippen LogP contribution >= 0.6 is 0 Å². The Bertz CT molecular complexity index is 519. The molecule has 102 valence electrons. The molecule has 0 saturated carbocycles. The topological polar surface area (TPSA) is 91.0 Å². The van der Waals surface area contributed by atoms with E-state index in [2.05, 4.69) is 0 Å². The number of carbonyl (C=O) groups excluding carboxylic acids is 1. The summed E-state index contributed by atoms with van der Waals surface area (Å²) in [5.74, 6) is -0.297. The van der Waals surface area contributed by atoms with Crippen molar-refractivity contribution in [2.45, 2.75) is 25.5 Å². The number of amides is 1. The van der Waals surface area contributed by atoms with Crippen LogP contribution in [0, 0.1) is 6.92 Å². The largest absolute Gasteiger partial charge is 0.480 e. The standard InChI is InChI=1S/C13H15NO5/c1-8-2-3-10(19-8)4-5-12(16)14-7-9(15)6-11(14)13(17)18/h2-5,9,11,15H,6-7H2,1H3,(H,17,18)/b5-4+/t9?,11-/m0/s1. The average molecular weight is 265 g/mol. The molecule has 0 bridgehead atoms. The van der Waals surface area contributed by atoms with E-state index in [1.807, 2.05) is 0 Å². The summed E-state index contributed by atoms with van der Waals surface area (Å²) in [6.07, 6.45) is 2.02. The van der Waals surface area contributed by atoms with Crippen LogP contribution in [0.25, 0.3) is 6.08 Å². The van der Waals surface area contributed by atoms with Crippen LogP contribution in [0.4, 0.5) is 0 Å². The number of aliphatic hydroxyl groups excluding tert-OH is 1. The summed E-state index contributed by atoms with van der Waals surface area (Å²) in [5.41, 5.74) is 0. The highest BCUT2D eigenvalue weighted by Crippen LogP contribution is 2.19. The molecule has 1 amide bonds. The van der Waals surface area contributed by atoms with Crippen molar-refractivity contribution in [3.63, 3.8) is 0 Å². The van der Waals surface area contributed by atoms with E-state index in [-0.39, 0.29) is 13.0 Å². The molecular formula is C13H15NO5. The molecule has 6 heteroatoms. The number of hydrogen-bond acceptors (Lipinski definition) is 4. The third kappa shape index (κ3) is 3.03. The highest BCUT2D eigenvalue weighted by molar-refractivity contribution is 5.94. The minimum Gasteiger partial charge on any atom is -0.480 e. The van der Waals surface area contributed by atoms with Gasteiger partial charge in [-0.05, 0) is 25.1 Å². The minimum absolute atomic E-state index is 0.0390. The third-order valence-corrected chi connectivity index (χ3v) is 3.00. The molecule has 1 aliphatic rings. The molecule has 0 aromatic carbocycles. The van der Waals surface area contributed by atoms with Crippen molar-refractivity contribution in [1.82, 2.24) is 4.90 Å². The van der Waals surface area contributed by atoms with Gasteiger partial charge in [0, 0.05) is 19.0 Å². The zero-order valence-corrected chi connectivity index (χ0v) is 10.4. The number of furan rings is 1. The lowest BCUT2D eigenvalue weighted by atomic mass is 10.2. The fourth-order valence-electron chi connectivity index (χ4n) is 2.08. The summed E-state index contributed by atoms with van der Waals surface area (Å²) in [5, 5.41) is 18.4. The molecule has 1 aliphatic heterocycles. The molecule has 1 unspecified atom stereocenters. The number of aliphatic hydroxyl groups is 1. The summed E-state index contributed by atoms with van der Waals surface area (Å²) in [6.45, 7) is 1.83. The smallest absolute Gasteiger partial charge is 0.326 e. The van der Waals surface area contributed by atoms with E-state index in [0.717, 1.165) is 10.7 Å². The van der Waals surface area contributed by atoms with Gasteiger partial charge in [-0.1, -0.05) is 0 Å². The number of rotatable bonds is 3. The molecule has 1 saturated heterocycles. The second-order valence-electron chi connectivity index (χ2n) is 4.52. The van der Waals surface area contributed by atoms with Gasteiger partial charge in [0.25, 0.3) is 0 Å². The predicted molar refractivity (Wildman–Crippen MR) is 66.2 cm³/mol. The molecule has 2 rings (SSSR count). The summed E-state index contributed by atoms with van der Waals surface area (Å²) in [6, 6.07) is 2.52. The Hall–Kier alpha value is -2.08. The fraction of sp³-hybridized carbons (Fsp3) is 0.385. The van der Waals surface area contributed by atoms with E-state index < -0.39 is 24.0 Å².